The minimum atomic E-state index is -0.684. The van der Waals surface area contributed by atoms with Gasteiger partial charge in [0.05, 0.1) is 11.7 Å². The van der Waals surface area contributed by atoms with E-state index in [1.165, 1.54) is 6.42 Å². The lowest BCUT2D eigenvalue weighted by Crippen LogP contribution is -2.39. The summed E-state index contributed by atoms with van der Waals surface area (Å²) in [4.78, 5) is 12.0. The maximum atomic E-state index is 10.4. The molecule has 1 aromatic rings. The van der Waals surface area contributed by atoms with Crippen LogP contribution in [0.5, 0.6) is 6.01 Å². The van der Waals surface area contributed by atoms with E-state index in [1.54, 1.807) is 0 Å². The molecular formula is C13H21ClN4O2. The Morgan fingerprint density at radius 3 is 2.60 bits per heavy atom. The van der Waals surface area contributed by atoms with Crippen LogP contribution in [0.2, 0.25) is 5.28 Å². The fraction of sp³-hybridized carbons (Fsp3) is 0.769. The number of nitrogens with zero attached hydrogens (tertiary/aromatic N) is 3. The molecule has 1 aliphatic carbocycles. The van der Waals surface area contributed by atoms with Crippen LogP contribution in [-0.4, -0.2) is 38.3 Å². The summed E-state index contributed by atoms with van der Waals surface area (Å²) in [7, 11) is 0. The molecule has 0 spiro atoms. The van der Waals surface area contributed by atoms with Crippen LogP contribution in [0.25, 0.3) is 0 Å². The largest absolute Gasteiger partial charge is 0.461 e. The van der Waals surface area contributed by atoms with Crippen LogP contribution < -0.4 is 10.1 Å². The number of halogens is 1. The summed E-state index contributed by atoms with van der Waals surface area (Å²) in [5.74, 6) is 0.333. The first-order valence-corrected chi connectivity index (χ1v) is 7.39. The standard InChI is InChI=1S/C13H21ClN4O2/c1-9(2)20-12-17-10(14)16-11(18-12)15-8-13(19)6-4-3-5-7-13/h9,19H,3-8H2,1-2H3,(H,15,16,17,18). The molecule has 0 bridgehead atoms. The van der Waals surface area contributed by atoms with Gasteiger partial charge in [0.2, 0.25) is 11.2 Å². The van der Waals surface area contributed by atoms with E-state index in [9.17, 15) is 5.11 Å². The fourth-order valence-corrected chi connectivity index (χ4v) is 2.46. The molecule has 2 rings (SSSR count). The number of anilines is 1. The van der Waals surface area contributed by atoms with Crippen molar-refractivity contribution in [3.63, 3.8) is 0 Å². The zero-order chi connectivity index (χ0) is 14.6. The summed E-state index contributed by atoms with van der Waals surface area (Å²) >= 11 is 5.84. The van der Waals surface area contributed by atoms with Gasteiger partial charge in [-0.1, -0.05) is 19.3 Å². The van der Waals surface area contributed by atoms with Gasteiger partial charge in [0.15, 0.2) is 0 Å². The molecule has 0 aliphatic heterocycles. The number of nitrogens with one attached hydrogen (secondary N) is 1. The monoisotopic (exact) mass is 300 g/mol. The summed E-state index contributed by atoms with van der Waals surface area (Å²) < 4.78 is 5.40. The van der Waals surface area contributed by atoms with E-state index in [0.29, 0.717) is 12.5 Å². The summed E-state index contributed by atoms with van der Waals surface area (Å²) in [5.41, 5.74) is -0.684. The van der Waals surface area contributed by atoms with Gasteiger partial charge in [0, 0.05) is 6.54 Å². The van der Waals surface area contributed by atoms with E-state index < -0.39 is 5.60 Å². The van der Waals surface area contributed by atoms with E-state index in [4.69, 9.17) is 16.3 Å². The molecule has 1 saturated carbocycles. The first-order chi connectivity index (χ1) is 9.47. The zero-order valence-corrected chi connectivity index (χ0v) is 12.7. The number of hydrogen-bond acceptors (Lipinski definition) is 6. The van der Waals surface area contributed by atoms with Crippen molar-refractivity contribution in [3.8, 4) is 6.01 Å². The molecule has 0 unspecified atom stereocenters. The van der Waals surface area contributed by atoms with Crippen molar-refractivity contribution in [3.05, 3.63) is 5.28 Å². The van der Waals surface area contributed by atoms with Crippen molar-refractivity contribution >= 4 is 17.5 Å². The number of rotatable bonds is 5. The first-order valence-electron chi connectivity index (χ1n) is 7.01. The maximum absolute atomic E-state index is 10.4. The van der Waals surface area contributed by atoms with Crippen LogP contribution >= 0.6 is 11.6 Å². The predicted octanol–water partition coefficient (Wildman–Crippen LogP) is 2.42. The molecule has 112 valence electrons. The fourth-order valence-electron chi connectivity index (χ4n) is 2.30. The number of aliphatic hydroxyl groups is 1. The quantitative estimate of drug-likeness (QED) is 0.869. The predicted molar refractivity (Wildman–Crippen MR) is 77.1 cm³/mol. The van der Waals surface area contributed by atoms with E-state index in [2.05, 4.69) is 20.3 Å². The van der Waals surface area contributed by atoms with Gasteiger partial charge in [-0.3, -0.25) is 0 Å². The van der Waals surface area contributed by atoms with Crippen LogP contribution in [0.3, 0.4) is 0 Å². The Balaban J connectivity index is 1.99. The molecule has 0 amide bonds. The maximum Gasteiger partial charge on any atom is 0.322 e. The van der Waals surface area contributed by atoms with E-state index >= 15 is 0 Å². The molecule has 1 aliphatic rings. The summed E-state index contributed by atoms with van der Waals surface area (Å²) in [6, 6.07) is 0.193. The Morgan fingerprint density at radius 1 is 1.25 bits per heavy atom. The minimum Gasteiger partial charge on any atom is -0.461 e. The van der Waals surface area contributed by atoms with Gasteiger partial charge in [-0.25, -0.2) is 0 Å². The molecule has 2 N–H and O–H groups in total. The lowest BCUT2D eigenvalue weighted by Gasteiger charge is -2.32. The van der Waals surface area contributed by atoms with Crippen molar-refractivity contribution in [2.45, 2.75) is 57.7 Å². The first kappa shape index (κ1) is 15.3. The van der Waals surface area contributed by atoms with Crippen LogP contribution in [0.4, 0.5) is 5.95 Å². The lowest BCUT2D eigenvalue weighted by atomic mass is 9.85. The highest BCUT2D eigenvalue weighted by Gasteiger charge is 2.29. The summed E-state index contributed by atoms with van der Waals surface area (Å²) in [6.07, 6.45) is 4.86. The van der Waals surface area contributed by atoms with E-state index in [0.717, 1.165) is 25.7 Å². The van der Waals surface area contributed by atoms with Crippen molar-refractivity contribution in [2.24, 2.45) is 0 Å². The van der Waals surface area contributed by atoms with Crippen LogP contribution in [0.1, 0.15) is 46.0 Å². The molecule has 20 heavy (non-hydrogen) atoms. The third kappa shape index (κ3) is 4.45. The van der Waals surface area contributed by atoms with E-state index in [1.807, 2.05) is 13.8 Å². The second kappa shape index (κ2) is 6.54. The third-order valence-corrected chi connectivity index (χ3v) is 3.46. The molecule has 1 aromatic heterocycles. The van der Waals surface area contributed by atoms with Gasteiger partial charge >= 0.3 is 6.01 Å². The van der Waals surface area contributed by atoms with E-state index in [-0.39, 0.29) is 17.4 Å². The van der Waals surface area contributed by atoms with Crippen molar-refractivity contribution in [2.75, 3.05) is 11.9 Å². The Bertz CT molecular complexity index is 450. The van der Waals surface area contributed by atoms with Gasteiger partial charge in [-0.15, -0.1) is 0 Å². The third-order valence-electron chi connectivity index (χ3n) is 3.29. The molecule has 0 atom stereocenters. The second-order valence-electron chi connectivity index (χ2n) is 5.52. The average Bonchev–Trinajstić information content (AvgIpc) is 2.36. The summed E-state index contributed by atoms with van der Waals surface area (Å²) in [5, 5.41) is 13.5. The SMILES string of the molecule is CC(C)Oc1nc(Cl)nc(NCC2(O)CCCCC2)n1. The molecule has 1 heterocycles. The van der Waals surface area contributed by atoms with Crippen LogP contribution in [-0.2, 0) is 0 Å². The molecule has 0 saturated heterocycles. The number of hydrogen-bond donors (Lipinski definition) is 2. The smallest absolute Gasteiger partial charge is 0.322 e. The summed E-state index contributed by atoms with van der Waals surface area (Å²) in [6.45, 7) is 4.18. The molecule has 0 aromatic carbocycles. The van der Waals surface area contributed by atoms with Crippen molar-refractivity contribution in [1.82, 2.24) is 15.0 Å². The van der Waals surface area contributed by atoms with Crippen LogP contribution in [0.15, 0.2) is 0 Å². The molecular weight excluding hydrogens is 280 g/mol. The average molecular weight is 301 g/mol. The number of ether oxygens (including phenoxy) is 1. The molecule has 0 radical (unpaired) electrons. The highest BCUT2D eigenvalue weighted by Crippen LogP contribution is 2.28. The molecule has 1 fully saturated rings. The number of aromatic nitrogens is 3. The Kier molecular flexibility index (Phi) is 4.99. The van der Waals surface area contributed by atoms with Gasteiger partial charge < -0.3 is 15.2 Å². The van der Waals surface area contributed by atoms with Gasteiger partial charge in [-0.2, -0.15) is 15.0 Å². The lowest BCUT2D eigenvalue weighted by molar-refractivity contribution is 0.0165. The Hall–Kier alpha value is -1.14. The highest BCUT2D eigenvalue weighted by atomic mass is 35.5. The molecule has 7 heteroatoms. The molecule has 6 nitrogen and oxygen atoms in total. The van der Waals surface area contributed by atoms with Gasteiger partial charge in [-0.05, 0) is 38.3 Å². The Morgan fingerprint density at radius 2 is 1.95 bits per heavy atom. The second-order valence-corrected chi connectivity index (χ2v) is 5.85. The van der Waals surface area contributed by atoms with Crippen LogP contribution in [0, 0.1) is 0 Å². The van der Waals surface area contributed by atoms with Gasteiger partial charge in [0.1, 0.15) is 0 Å². The Labute approximate surface area is 123 Å². The topological polar surface area (TPSA) is 80.2 Å². The van der Waals surface area contributed by atoms with Crippen molar-refractivity contribution in [1.29, 1.82) is 0 Å². The normalized spacial score (nSPS) is 18.1. The minimum absolute atomic E-state index is 0.0381. The highest BCUT2D eigenvalue weighted by molar-refractivity contribution is 6.28. The van der Waals surface area contributed by atoms with Crippen molar-refractivity contribution < 1.29 is 9.84 Å². The van der Waals surface area contributed by atoms with Gasteiger partial charge in [0.25, 0.3) is 0 Å². The zero-order valence-electron chi connectivity index (χ0n) is 11.9.